The molecule has 1 amide bonds. The predicted molar refractivity (Wildman–Crippen MR) is 73.6 cm³/mol. The van der Waals surface area contributed by atoms with E-state index in [1.165, 1.54) is 0 Å². The van der Waals surface area contributed by atoms with Gasteiger partial charge >= 0.3 is 5.69 Å². The van der Waals surface area contributed by atoms with Gasteiger partial charge in [0, 0.05) is 13.1 Å². The maximum absolute atomic E-state index is 12.2. The van der Waals surface area contributed by atoms with Gasteiger partial charge in [-0.2, -0.15) is 4.98 Å². The van der Waals surface area contributed by atoms with Gasteiger partial charge in [-0.3, -0.25) is 14.9 Å². The minimum Gasteiger partial charge on any atom is -0.378 e. The zero-order valence-corrected chi connectivity index (χ0v) is 11.5. The van der Waals surface area contributed by atoms with Crippen LogP contribution in [-0.4, -0.2) is 58.0 Å². The third kappa shape index (κ3) is 3.54. The Labute approximate surface area is 120 Å². The van der Waals surface area contributed by atoms with Crippen molar-refractivity contribution in [1.82, 2.24) is 14.9 Å². The lowest BCUT2D eigenvalue weighted by Gasteiger charge is -2.29. The van der Waals surface area contributed by atoms with Crippen LogP contribution in [0, 0.1) is 10.1 Å². The van der Waals surface area contributed by atoms with E-state index in [9.17, 15) is 14.9 Å². The number of morpholine rings is 1. The van der Waals surface area contributed by atoms with Crippen LogP contribution in [-0.2, 0) is 9.53 Å². The number of hydrogen-bond acceptors (Lipinski definition) is 8. The van der Waals surface area contributed by atoms with Crippen LogP contribution < -0.4 is 11.1 Å². The van der Waals surface area contributed by atoms with Crippen molar-refractivity contribution in [2.45, 2.75) is 13.0 Å². The monoisotopic (exact) mass is 296 g/mol. The first-order valence-electron chi connectivity index (χ1n) is 6.39. The van der Waals surface area contributed by atoms with E-state index in [1.807, 2.05) is 0 Å². The summed E-state index contributed by atoms with van der Waals surface area (Å²) in [5.74, 6) is -0.347. The number of amides is 1. The highest BCUT2D eigenvalue weighted by Gasteiger charge is 2.25. The van der Waals surface area contributed by atoms with Gasteiger partial charge in [-0.15, -0.1) is 0 Å². The van der Waals surface area contributed by atoms with E-state index in [0.29, 0.717) is 26.3 Å². The van der Waals surface area contributed by atoms with Crippen LogP contribution in [0.5, 0.6) is 0 Å². The molecular weight excluding hydrogens is 280 g/mol. The summed E-state index contributed by atoms with van der Waals surface area (Å²) in [6.07, 6.45) is 1.01. The Morgan fingerprint density at radius 1 is 1.57 bits per heavy atom. The Morgan fingerprint density at radius 3 is 2.86 bits per heavy atom. The van der Waals surface area contributed by atoms with Crippen LogP contribution in [0.15, 0.2) is 6.20 Å². The molecule has 3 N–H and O–H groups in total. The molecule has 1 atom stereocenters. The first-order valence-corrected chi connectivity index (χ1v) is 6.39. The van der Waals surface area contributed by atoms with Gasteiger partial charge in [0.05, 0.1) is 18.1 Å². The summed E-state index contributed by atoms with van der Waals surface area (Å²) >= 11 is 0. The number of anilines is 2. The zero-order chi connectivity index (χ0) is 15.4. The fourth-order valence-corrected chi connectivity index (χ4v) is 1.95. The van der Waals surface area contributed by atoms with Crippen molar-refractivity contribution in [3.05, 3.63) is 16.3 Å². The minimum absolute atomic E-state index is 0.0680. The van der Waals surface area contributed by atoms with Crippen molar-refractivity contribution in [3.8, 4) is 0 Å². The smallest absolute Gasteiger partial charge is 0.329 e. The number of nitrogens with one attached hydrogen (secondary N) is 1. The Kier molecular flexibility index (Phi) is 4.48. The maximum atomic E-state index is 12.2. The van der Waals surface area contributed by atoms with Gasteiger partial charge in [-0.25, -0.2) is 4.98 Å². The molecule has 0 bridgehead atoms. The largest absolute Gasteiger partial charge is 0.378 e. The molecular formula is C11H16N6O4. The minimum atomic E-state index is -0.670. The normalized spacial score (nSPS) is 16.3. The van der Waals surface area contributed by atoms with Gasteiger partial charge in [-0.1, -0.05) is 0 Å². The lowest BCUT2D eigenvalue weighted by molar-refractivity contribution is -0.384. The van der Waals surface area contributed by atoms with E-state index in [4.69, 9.17) is 10.5 Å². The fourth-order valence-electron chi connectivity index (χ4n) is 1.95. The molecule has 1 aromatic heterocycles. The van der Waals surface area contributed by atoms with Gasteiger partial charge in [0.1, 0.15) is 12.2 Å². The molecule has 0 spiro atoms. The third-order valence-corrected chi connectivity index (χ3v) is 3.03. The second-order valence-corrected chi connectivity index (χ2v) is 4.52. The number of aromatic nitrogens is 2. The second-order valence-electron chi connectivity index (χ2n) is 4.52. The lowest BCUT2D eigenvalue weighted by atomic mass is 10.2. The molecule has 21 heavy (non-hydrogen) atoms. The number of carbonyl (C=O) groups excluding carboxylic acids is 1. The molecule has 1 aromatic rings. The Balaban J connectivity index is 2.11. The molecule has 1 unspecified atom stereocenters. The van der Waals surface area contributed by atoms with Crippen LogP contribution in [0.3, 0.4) is 0 Å². The summed E-state index contributed by atoms with van der Waals surface area (Å²) in [6, 6.07) is -0.670. The van der Waals surface area contributed by atoms with E-state index < -0.39 is 11.0 Å². The molecule has 10 nitrogen and oxygen atoms in total. The van der Waals surface area contributed by atoms with Crippen molar-refractivity contribution < 1.29 is 14.5 Å². The van der Waals surface area contributed by atoms with Gasteiger partial charge in [0.25, 0.3) is 0 Å². The highest BCUT2D eigenvalue weighted by Crippen LogP contribution is 2.22. The first-order chi connectivity index (χ1) is 9.99. The fraction of sp³-hybridized carbons (Fsp3) is 0.545. The summed E-state index contributed by atoms with van der Waals surface area (Å²) in [7, 11) is 0. The molecule has 0 radical (unpaired) electrons. The number of nitrogens with zero attached hydrogens (tertiary/aromatic N) is 4. The number of rotatable bonds is 4. The summed E-state index contributed by atoms with van der Waals surface area (Å²) in [5, 5.41) is 13.6. The molecule has 0 aromatic carbocycles. The molecule has 0 saturated carbocycles. The van der Waals surface area contributed by atoms with Gasteiger partial charge in [0.15, 0.2) is 0 Å². The highest BCUT2D eigenvalue weighted by molar-refractivity contribution is 5.84. The SMILES string of the molecule is CC(Nc1nc(N)ncc1[N+](=O)[O-])C(=O)N1CCOCC1. The number of nitrogens with two attached hydrogens (primary N) is 1. The van der Waals surface area contributed by atoms with Crippen molar-refractivity contribution in [2.24, 2.45) is 0 Å². The van der Waals surface area contributed by atoms with E-state index in [0.717, 1.165) is 6.20 Å². The summed E-state index contributed by atoms with van der Waals surface area (Å²) in [4.78, 5) is 31.5. The van der Waals surface area contributed by atoms with Crippen LogP contribution in [0.25, 0.3) is 0 Å². The molecule has 1 fully saturated rings. The van der Waals surface area contributed by atoms with Crippen molar-refractivity contribution >= 4 is 23.4 Å². The molecule has 0 aliphatic carbocycles. The average molecular weight is 296 g/mol. The topological polar surface area (TPSA) is 137 Å². The molecule has 2 rings (SSSR count). The van der Waals surface area contributed by atoms with E-state index in [1.54, 1.807) is 11.8 Å². The lowest BCUT2D eigenvalue weighted by Crippen LogP contribution is -2.47. The number of nitro groups is 1. The summed E-state index contributed by atoms with van der Waals surface area (Å²) < 4.78 is 5.17. The zero-order valence-electron chi connectivity index (χ0n) is 11.5. The standard InChI is InChI=1S/C11H16N6O4/c1-7(10(18)16-2-4-21-5-3-16)14-9-8(17(19)20)6-13-11(12)15-9/h6-7H,2-5H2,1H3,(H3,12,13,14,15). The Hall–Kier alpha value is -2.49. The predicted octanol–water partition coefficient (Wildman–Crippen LogP) is -0.374. The number of nitrogen functional groups attached to an aromatic ring is 1. The number of ether oxygens (including phenoxy) is 1. The van der Waals surface area contributed by atoms with Crippen molar-refractivity contribution in [3.63, 3.8) is 0 Å². The second kappa shape index (κ2) is 6.31. The average Bonchev–Trinajstić information content (AvgIpc) is 2.47. The van der Waals surface area contributed by atoms with Gasteiger partial charge in [0.2, 0.25) is 17.7 Å². The van der Waals surface area contributed by atoms with E-state index >= 15 is 0 Å². The Morgan fingerprint density at radius 2 is 2.24 bits per heavy atom. The number of hydrogen-bond donors (Lipinski definition) is 2. The summed E-state index contributed by atoms with van der Waals surface area (Å²) in [5.41, 5.74) is 5.10. The molecule has 2 heterocycles. The third-order valence-electron chi connectivity index (χ3n) is 3.03. The molecule has 1 aliphatic heterocycles. The first kappa shape index (κ1) is 14.9. The van der Waals surface area contributed by atoms with Crippen molar-refractivity contribution in [2.75, 3.05) is 37.4 Å². The van der Waals surface area contributed by atoms with E-state index in [2.05, 4.69) is 15.3 Å². The molecule has 1 saturated heterocycles. The summed E-state index contributed by atoms with van der Waals surface area (Å²) in [6.45, 7) is 3.58. The molecule has 1 aliphatic rings. The highest BCUT2D eigenvalue weighted by atomic mass is 16.6. The number of carbonyl (C=O) groups is 1. The van der Waals surface area contributed by atoms with Crippen LogP contribution in [0.2, 0.25) is 0 Å². The molecule has 114 valence electrons. The van der Waals surface area contributed by atoms with Gasteiger partial charge < -0.3 is 20.7 Å². The van der Waals surface area contributed by atoms with Gasteiger partial charge in [-0.05, 0) is 6.92 Å². The Bertz CT molecular complexity index is 546. The maximum Gasteiger partial charge on any atom is 0.329 e. The van der Waals surface area contributed by atoms with Crippen LogP contribution in [0.1, 0.15) is 6.92 Å². The van der Waals surface area contributed by atoms with Crippen LogP contribution >= 0.6 is 0 Å². The van der Waals surface area contributed by atoms with Crippen molar-refractivity contribution in [1.29, 1.82) is 0 Å². The van der Waals surface area contributed by atoms with Crippen LogP contribution in [0.4, 0.5) is 17.5 Å². The molecule has 10 heteroatoms. The van der Waals surface area contributed by atoms with E-state index in [-0.39, 0.29) is 23.4 Å². The quantitative estimate of drug-likeness (QED) is 0.567.